The summed E-state index contributed by atoms with van der Waals surface area (Å²) in [5.41, 5.74) is 3.28. The van der Waals surface area contributed by atoms with Crippen LogP contribution in [-0.4, -0.2) is 28.1 Å². The van der Waals surface area contributed by atoms with Crippen molar-refractivity contribution >= 4 is 75.5 Å². The summed E-state index contributed by atoms with van der Waals surface area (Å²) >= 11 is 31.4. The molecule has 3 aliphatic rings. The molecule has 36 heavy (non-hydrogen) atoms. The van der Waals surface area contributed by atoms with Crippen LogP contribution in [-0.2, 0) is 4.79 Å². The van der Waals surface area contributed by atoms with Crippen molar-refractivity contribution in [1.82, 2.24) is 10.2 Å². The van der Waals surface area contributed by atoms with Crippen LogP contribution in [0.3, 0.4) is 0 Å². The molecule has 186 valence electrons. The molecule has 0 saturated heterocycles. The van der Waals surface area contributed by atoms with Gasteiger partial charge in [0.05, 0.1) is 16.5 Å². The fraction of sp³-hybridized carbons (Fsp3) is 0.231. The summed E-state index contributed by atoms with van der Waals surface area (Å²) in [5.74, 6) is -1.74. The Morgan fingerprint density at radius 1 is 1.00 bits per heavy atom. The molecule has 3 atom stereocenters. The molecule has 2 aliphatic carbocycles. The minimum Gasteiger partial charge on any atom is -0.354 e. The molecule has 0 spiro atoms. The molecule has 2 aromatic carbocycles. The maximum absolute atomic E-state index is 13.1. The van der Waals surface area contributed by atoms with Gasteiger partial charge in [-0.15, -0.1) is 23.2 Å². The van der Waals surface area contributed by atoms with Gasteiger partial charge in [-0.3, -0.25) is 9.59 Å². The third kappa shape index (κ3) is 4.88. The summed E-state index contributed by atoms with van der Waals surface area (Å²) in [6, 6.07) is 9.67. The smallest absolute Gasteiger partial charge is 0.256 e. The Morgan fingerprint density at radius 2 is 1.72 bits per heavy atom. The number of alkyl halides is 2. The zero-order chi connectivity index (χ0) is 25.8. The van der Waals surface area contributed by atoms with Gasteiger partial charge in [0.15, 0.2) is 0 Å². The Bertz CT molecular complexity index is 1350. The van der Waals surface area contributed by atoms with E-state index in [0.717, 1.165) is 5.70 Å². The van der Waals surface area contributed by atoms with E-state index >= 15 is 0 Å². The van der Waals surface area contributed by atoms with Gasteiger partial charge in [0.1, 0.15) is 4.33 Å². The van der Waals surface area contributed by atoms with E-state index in [1.165, 1.54) is 11.8 Å². The molecule has 1 aliphatic heterocycles. The Labute approximate surface area is 233 Å². The highest BCUT2D eigenvalue weighted by Gasteiger charge is 2.67. The van der Waals surface area contributed by atoms with Crippen molar-refractivity contribution in [2.24, 2.45) is 11.8 Å². The Morgan fingerprint density at radius 3 is 2.44 bits per heavy atom. The fourth-order valence-corrected chi connectivity index (χ4v) is 6.28. The van der Waals surface area contributed by atoms with Gasteiger partial charge in [0, 0.05) is 52.2 Å². The monoisotopic (exact) mass is 581 g/mol. The van der Waals surface area contributed by atoms with Crippen LogP contribution in [0, 0.1) is 11.8 Å². The van der Waals surface area contributed by atoms with Gasteiger partial charge in [-0.05, 0) is 60.5 Å². The van der Waals surface area contributed by atoms with E-state index in [9.17, 15) is 9.59 Å². The first-order valence-electron chi connectivity index (χ1n) is 11.1. The number of rotatable bonds is 5. The van der Waals surface area contributed by atoms with Gasteiger partial charge in [-0.2, -0.15) is 0 Å². The van der Waals surface area contributed by atoms with E-state index in [-0.39, 0.29) is 28.3 Å². The molecule has 1 saturated carbocycles. The van der Waals surface area contributed by atoms with E-state index < -0.39 is 16.2 Å². The quantitative estimate of drug-likeness (QED) is 0.368. The largest absolute Gasteiger partial charge is 0.354 e. The summed E-state index contributed by atoms with van der Waals surface area (Å²) in [7, 11) is 1.99. The topological polar surface area (TPSA) is 61.4 Å². The maximum atomic E-state index is 13.1. The van der Waals surface area contributed by atoms with Gasteiger partial charge in [-0.25, -0.2) is 0 Å². The number of nitrogens with one attached hydrogen (secondary N) is 2. The van der Waals surface area contributed by atoms with Crippen molar-refractivity contribution in [3.63, 3.8) is 0 Å². The number of nitrogens with zero attached hydrogens (tertiary/aromatic N) is 1. The molecule has 0 aromatic heterocycles. The lowest BCUT2D eigenvalue weighted by Crippen LogP contribution is -2.26. The van der Waals surface area contributed by atoms with Crippen LogP contribution in [0.5, 0.6) is 0 Å². The second kappa shape index (κ2) is 9.62. The fourth-order valence-electron chi connectivity index (χ4n) is 4.71. The molecule has 2 aromatic rings. The normalized spacial score (nSPS) is 23.5. The first kappa shape index (κ1) is 25.5. The zero-order valence-corrected chi connectivity index (χ0v) is 22.6. The summed E-state index contributed by atoms with van der Waals surface area (Å²) in [6.07, 6.45) is 8.68. The van der Waals surface area contributed by atoms with Crippen molar-refractivity contribution in [3.05, 3.63) is 98.4 Å². The molecule has 2 N–H and O–H groups in total. The molecule has 1 fully saturated rings. The van der Waals surface area contributed by atoms with Crippen molar-refractivity contribution in [2.75, 3.05) is 12.4 Å². The molecule has 10 heteroatoms. The lowest BCUT2D eigenvalue weighted by Gasteiger charge is -2.23. The number of hydrogen-bond donors (Lipinski definition) is 2. The van der Waals surface area contributed by atoms with Crippen LogP contribution in [0.25, 0.3) is 0 Å². The highest BCUT2D eigenvalue weighted by molar-refractivity contribution is 6.53. The standard InChI is InChI=1S/C26H20Cl5N3O2/c1-34-7-6-13-10-17(3-5-21(13)34)32-24(35)19-12-18(2-4-20(19)29)33-25(36)23-22(26(23,30)31)14-8-15(27)11-16(28)9-14/h2-9,11-13,22-23H,10H2,1H3,(H,32,35)(H,33,36). The number of hydrogen-bond acceptors (Lipinski definition) is 3. The van der Waals surface area contributed by atoms with Gasteiger partial charge >= 0.3 is 0 Å². The van der Waals surface area contributed by atoms with Gasteiger partial charge in [-0.1, -0.05) is 40.9 Å². The summed E-state index contributed by atoms with van der Waals surface area (Å²) < 4.78 is -1.31. The van der Waals surface area contributed by atoms with Gasteiger partial charge in [0.25, 0.3) is 5.91 Å². The van der Waals surface area contributed by atoms with Crippen LogP contribution < -0.4 is 10.6 Å². The summed E-state index contributed by atoms with van der Waals surface area (Å²) in [6.45, 7) is 0. The molecule has 1 heterocycles. The minimum atomic E-state index is -1.31. The van der Waals surface area contributed by atoms with Crippen LogP contribution >= 0.6 is 58.0 Å². The molecule has 0 radical (unpaired) electrons. The maximum Gasteiger partial charge on any atom is 0.256 e. The third-order valence-corrected chi connectivity index (χ3v) is 8.26. The first-order valence-corrected chi connectivity index (χ1v) is 13.0. The second-order valence-corrected chi connectivity index (χ2v) is 11.7. The van der Waals surface area contributed by atoms with Gasteiger partial charge < -0.3 is 15.5 Å². The molecule has 5 nitrogen and oxygen atoms in total. The molecular formula is C26H20Cl5N3O2. The molecule has 3 unspecified atom stereocenters. The predicted octanol–water partition coefficient (Wildman–Crippen LogP) is 7.15. The number of halogens is 5. The number of benzene rings is 2. The number of allylic oxidation sites excluding steroid dienone is 4. The number of anilines is 1. The SMILES string of the molecule is CN1C=CC2CC(NC(=O)c3cc(NC(=O)C4C(c5cc(Cl)cc(Cl)c5)C4(Cl)Cl)ccc3Cl)=CC=C21. The van der Waals surface area contributed by atoms with Crippen LogP contribution in [0.1, 0.15) is 28.3 Å². The highest BCUT2D eigenvalue weighted by Crippen LogP contribution is 2.65. The van der Waals surface area contributed by atoms with Crippen LogP contribution in [0.15, 0.2) is 72.2 Å². The molecule has 5 rings (SSSR count). The number of carbonyl (C=O) groups is 2. The summed E-state index contributed by atoms with van der Waals surface area (Å²) in [5, 5.41) is 6.85. The van der Waals surface area contributed by atoms with E-state index in [0.29, 0.717) is 27.7 Å². The predicted molar refractivity (Wildman–Crippen MR) is 146 cm³/mol. The molecular weight excluding hydrogens is 564 g/mol. The third-order valence-electron chi connectivity index (χ3n) is 6.56. The Kier molecular flexibility index (Phi) is 6.81. The van der Waals surface area contributed by atoms with Crippen molar-refractivity contribution in [2.45, 2.75) is 16.7 Å². The second-order valence-electron chi connectivity index (χ2n) is 9.02. The number of amides is 2. The van der Waals surface area contributed by atoms with Crippen molar-refractivity contribution in [1.29, 1.82) is 0 Å². The zero-order valence-electron chi connectivity index (χ0n) is 18.9. The van der Waals surface area contributed by atoms with Crippen molar-refractivity contribution < 1.29 is 9.59 Å². The number of fused-ring (bicyclic) bond motifs is 1. The highest BCUT2D eigenvalue weighted by atomic mass is 35.5. The lowest BCUT2D eigenvalue weighted by atomic mass is 9.96. The number of carbonyl (C=O) groups excluding carboxylic acids is 2. The summed E-state index contributed by atoms with van der Waals surface area (Å²) in [4.78, 5) is 28.1. The van der Waals surface area contributed by atoms with Crippen molar-refractivity contribution in [3.8, 4) is 0 Å². The van der Waals surface area contributed by atoms with Crippen LogP contribution in [0.4, 0.5) is 5.69 Å². The van der Waals surface area contributed by atoms with E-state index in [4.69, 9.17) is 58.0 Å². The Hall–Kier alpha value is -2.15. The van der Waals surface area contributed by atoms with E-state index in [1.54, 1.807) is 30.3 Å². The Balaban J connectivity index is 1.29. The average Bonchev–Trinajstić information content (AvgIpc) is 3.21. The molecule has 2 amide bonds. The van der Waals surface area contributed by atoms with Gasteiger partial charge in [0.2, 0.25) is 5.91 Å². The lowest BCUT2D eigenvalue weighted by molar-refractivity contribution is -0.117. The van der Waals surface area contributed by atoms with E-state index in [2.05, 4.69) is 21.6 Å². The molecule has 0 bridgehead atoms. The van der Waals surface area contributed by atoms with Crippen LogP contribution in [0.2, 0.25) is 15.1 Å². The minimum absolute atomic E-state index is 0.226. The van der Waals surface area contributed by atoms with E-state index in [1.807, 2.05) is 25.4 Å². The average molecular weight is 584 g/mol. The first-order chi connectivity index (χ1) is 17.0.